The molecule has 0 aliphatic rings. The smallest absolute Gasteiger partial charge is 0.305 e. The Labute approximate surface area is 124 Å². The minimum Gasteiger partial charge on any atom is -0.481 e. The Morgan fingerprint density at radius 3 is 2.57 bits per heavy atom. The molecular weight excluding hydrogens is 268 g/mol. The van der Waals surface area contributed by atoms with E-state index in [4.69, 9.17) is 9.52 Å². The monoisotopic (exact) mass is 288 g/mol. The van der Waals surface area contributed by atoms with Crippen molar-refractivity contribution in [1.82, 2.24) is 4.98 Å². The number of aliphatic carboxylic acids is 1. The molecule has 5 heteroatoms. The molecule has 112 valence electrons. The van der Waals surface area contributed by atoms with Gasteiger partial charge in [0.15, 0.2) is 0 Å². The molecule has 1 aromatic carbocycles. The molecule has 1 N–H and O–H groups in total. The first-order valence-electron chi connectivity index (χ1n) is 6.92. The van der Waals surface area contributed by atoms with E-state index in [0.29, 0.717) is 19.0 Å². The number of benzene rings is 1. The van der Waals surface area contributed by atoms with Crippen molar-refractivity contribution in [3.8, 4) is 0 Å². The van der Waals surface area contributed by atoms with E-state index in [-0.39, 0.29) is 6.42 Å². The molecule has 0 aliphatic heterocycles. The molecule has 5 nitrogen and oxygen atoms in total. The third-order valence-electron chi connectivity index (χ3n) is 3.45. The number of carboxylic acid groups (broad SMARTS) is 1. The van der Waals surface area contributed by atoms with Gasteiger partial charge in [0, 0.05) is 12.2 Å². The number of hydrogen-bond donors (Lipinski definition) is 1. The van der Waals surface area contributed by atoms with Crippen LogP contribution in [-0.2, 0) is 11.3 Å². The van der Waals surface area contributed by atoms with Gasteiger partial charge in [-0.15, -0.1) is 0 Å². The lowest BCUT2D eigenvalue weighted by Gasteiger charge is -2.24. The highest BCUT2D eigenvalue weighted by molar-refractivity contribution is 5.68. The zero-order valence-electron chi connectivity index (χ0n) is 12.6. The van der Waals surface area contributed by atoms with Crippen LogP contribution in [0.25, 0.3) is 0 Å². The number of rotatable bonds is 6. The molecule has 2 aromatic rings. The zero-order valence-corrected chi connectivity index (χ0v) is 12.6. The van der Waals surface area contributed by atoms with Crippen molar-refractivity contribution in [2.75, 3.05) is 11.4 Å². The molecule has 0 radical (unpaired) electrons. The van der Waals surface area contributed by atoms with Crippen LogP contribution in [0.3, 0.4) is 0 Å². The SMILES string of the molecule is Cc1ccccc1N(CCC(=O)O)Cc1nc(C)c(C)o1. The van der Waals surface area contributed by atoms with E-state index in [1.54, 1.807) is 0 Å². The minimum atomic E-state index is -0.812. The first-order valence-corrected chi connectivity index (χ1v) is 6.92. The summed E-state index contributed by atoms with van der Waals surface area (Å²) < 4.78 is 5.61. The molecule has 0 unspecified atom stereocenters. The summed E-state index contributed by atoms with van der Waals surface area (Å²) in [6, 6.07) is 7.91. The van der Waals surface area contributed by atoms with E-state index in [1.165, 1.54) is 0 Å². The lowest BCUT2D eigenvalue weighted by molar-refractivity contribution is -0.136. The number of carboxylic acids is 1. The van der Waals surface area contributed by atoms with Crippen LogP contribution in [0.4, 0.5) is 5.69 Å². The van der Waals surface area contributed by atoms with Gasteiger partial charge in [0.05, 0.1) is 18.7 Å². The Balaban J connectivity index is 2.23. The van der Waals surface area contributed by atoms with Crippen LogP contribution in [-0.4, -0.2) is 22.6 Å². The summed E-state index contributed by atoms with van der Waals surface area (Å²) >= 11 is 0. The molecule has 0 fully saturated rings. The Bertz CT molecular complexity index is 615. The van der Waals surface area contributed by atoms with Crippen molar-refractivity contribution in [3.05, 3.63) is 47.2 Å². The van der Waals surface area contributed by atoms with E-state index in [2.05, 4.69) is 4.98 Å². The lowest BCUT2D eigenvalue weighted by atomic mass is 10.1. The predicted octanol–water partition coefficient (Wildman–Crippen LogP) is 3.08. The molecule has 2 rings (SSSR count). The van der Waals surface area contributed by atoms with Gasteiger partial charge in [0.25, 0.3) is 0 Å². The Morgan fingerprint density at radius 2 is 2.00 bits per heavy atom. The number of nitrogens with zero attached hydrogens (tertiary/aromatic N) is 2. The van der Waals surface area contributed by atoms with Crippen LogP contribution in [0.15, 0.2) is 28.7 Å². The Morgan fingerprint density at radius 1 is 1.29 bits per heavy atom. The number of carbonyl (C=O) groups is 1. The van der Waals surface area contributed by atoms with Crippen molar-refractivity contribution >= 4 is 11.7 Å². The second-order valence-electron chi connectivity index (χ2n) is 5.10. The fourth-order valence-corrected chi connectivity index (χ4v) is 2.20. The van der Waals surface area contributed by atoms with Crippen LogP contribution in [0.5, 0.6) is 0 Å². The molecule has 0 aliphatic carbocycles. The van der Waals surface area contributed by atoms with Gasteiger partial charge in [-0.2, -0.15) is 0 Å². The van der Waals surface area contributed by atoms with E-state index in [1.807, 2.05) is 49.9 Å². The zero-order chi connectivity index (χ0) is 15.4. The molecule has 0 spiro atoms. The second kappa shape index (κ2) is 6.43. The van der Waals surface area contributed by atoms with Crippen LogP contribution in [0.1, 0.15) is 29.3 Å². The van der Waals surface area contributed by atoms with Gasteiger partial charge < -0.3 is 14.4 Å². The maximum Gasteiger partial charge on any atom is 0.305 e. The molecule has 1 heterocycles. The van der Waals surface area contributed by atoms with Crippen molar-refractivity contribution in [3.63, 3.8) is 0 Å². The highest BCUT2D eigenvalue weighted by atomic mass is 16.4. The number of oxazole rings is 1. The van der Waals surface area contributed by atoms with E-state index in [0.717, 1.165) is 22.7 Å². The largest absolute Gasteiger partial charge is 0.481 e. The summed E-state index contributed by atoms with van der Waals surface area (Å²) in [5.74, 6) is 0.597. The summed E-state index contributed by atoms with van der Waals surface area (Å²) in [6.45, 7) is 6.67. The van der Waals surface area contributed by atoms with Crippen LogP contribution in [0.2, 0.25) is 0 Å². The number of para-hydroxylation sites is 1. The highest BCUT2D eigenvalue weighted by Crippen LogP contribution is 2.22. The van der Waals surface area contributed by atoms with Crippen LogP contribution >= 0.6 is 0 Å². The van der Waals surface area contributed by atoms with Crippen molar-refractivity contribution in [1.29, 1.82) is 0 Å². The third-order valence-corrected chi connectivity index (χ3v) is 3.45. The maximum atomic E-state index is 10.9. The van der Waals surface area contributed by atoms with Gasteiger partial charge in [0.1, 0.15) is 5.76 Å². The first-order chi connectivity index (χ1) is 9.97. The van der Waals surface area contributed by atoms with Gasteiger partial charge in [-0.05, 0) is 32.4 Å². The summed E-state index contributed by atoms with van der Waals surface area (Å²) in [4.78, 5) is 17.2. The number of anilines is 1. The van der Waals surface area contributed by atoms with Gasteiger partial charge in [0.2, 0.25) is 5.89 Å². The lowest BCUT2D eigenvalue weighted by Crippen LogP contribution is -2.26. The van der Waals surface area contributed by atoms with E-state index in [9.17, 15) is 4.79 Å². The molecule has 0 saturated carbocycles. The number of aryl methyl sites for hydroxylation is 3. The fourth-order valence-electron chi connectivity index (χ4n) is 2.20. The Kier molecular flexibility index (Phi) is 4.62. The van der Waals surface area contributed by atoms with Crippen molar-refractivity contribution in [2.24, 2.45) is 0 Å². The topological polar surface area (TPSA) is 66.6 Å². The molecule has 21 heavy (non-hydrogen) atoms. The average Bonchev–Trinajstić information content (AvgIpc) is 2.74. The molecule has 0 saturated heterocycles. The molecular formula is C16H20N2O3. The van der Waals surface area contributed by atoms with Crippen LogP contribution in [0, 0.1) is 20.8 Å². The van der Waals surface area contributed by atoms with Crippen molar-refractivity contribution < 1.29 is 14.3 Å². The number of hydrogen-bond acceptors (Lipinski definition) is 4. The summed E-state index contributed by atoms with van der Waals surface area (Å²) in [5, 5.41) is 8.93. The van der Waals surface area contributed by atoms with Crippen LogP contribution < -0.4 is 4.90 Å². The summed E-state index contributed by atoms with van der Waals surface area (Å²) in [5.41, 5.74) is 2.98. The molecule has 1 aromatic heterocycles. The summed E-state index contributed by atoms with van der Waals surface area (Å²) in [7, 11) is 0. The normalized spacial score (nSPS) is 10.6. The molecule has 0 bridgehead atoms. The molecule has 0 amide bonds. The average molecular weight is 288 g/mol. The third kappa shape index (κ3) is 3.84. The van der Waals surface area contributed by atoms with E-state index >= 15 is 0 Å². The fraction of sp³-hybridized carbons (Fsp3) is 0.375. The van der Waals surface area contributed by atoms with Gasteiger partial charge in [-0.1, -0.05) is 18.2 Å². The quantitative estimate of drug-likeness (QED) is 0.884. The highest BCUT2D eigenvalue weighted by Gasteiger charge is 2.15. The summed E-state index contributed by atoms with van der Waals surface area (Å²) in [6.07, 6.45) is 0.0764. The number of aromatic nitrogens is 1. The van der Waals surface area contributed by atoms with Gasteiger partial charge >= 0.3 is 5.97 Å². The van der Waals surface area contributed by atoms with Gasteiger partial charge in [-0.25, -0.2) is 4.98 Å². The Hall–Kier alpha value is -2.30. The minimum absolute atomic E-state index is 0.0764. The van der Waals surface area contributed by atoms with E-state index < -0.39 is 5.97 Å². The second-order valence-corrected chi connectivity index (χ2v) is 5.10. The maximum absolute atomic E-state index is 10.9. The van der Waals surface area contributed by atoms with Gasteiger partial charge in [-0.3, -0.25) is 4.79 Å². The standard InChI is InChI=1S/C16H20N2O3/c1-11-6-4-5-7-14(11)18(9-8-16(19)20)10-15-17-12(2)13(3)21-15/h4-7H,8-10H2,1-3H3,(H,19,20). The molecule has 0 atom stereocenters. The predicted molar refractivity (Wildman–Crippen MR) is 80.5 cm³/mol. The first kappa shape index (κ1) is 15.1. The van der Waals surface area contributed by atoms with Crippen molar-refractivity contribution in [2.45, 2.75) is 33.7 Å².